The number of phenolic OH excluding ortho intramolecular Hbond substituents is 1. The summed E-state index contributed by atoms with van der Waals surface area (Å²) in [7, 11) is 1.65. The summed E-state index contributed by atoms with van der Waals surface area (Å²) in [4.78, 5) is 87.0. The number of likely N-dealkylation sites (tertiary alicyclic amines) is 1. The van der Waals surface area contributed by atoms with Gasteiger partial charge in [0.2, 0.25) is 29.6 Å². The number of hydrogen-bond acceptors (Lipinski definition) is 16. The van der Waals surface area contributed by atoms with Crippen molar-refractivity contribution >= 4 is 86.0 Å². The molecule has 2 saturated heterocycles. The number of primary amides is 1. The van der Waals surface area contributed by atoms with Crippen LogP contribution in [0.1, 0.15) is 57.8 Å². The van der Waals surface area contributed by atoms with Crippen molar-refractivity contribution in [2.45, 2.75) is 71.7 Å². The van der Waals surface area contributed by atoms with E-state index in [-0.39, 0.29) is 112 Å². The number of aliphatic hydroxyl groups is 1. The first-order chi connectivity index (χ1) is 39.2. The number of aromatic hydroxyl groups is 1. The Bertz CT molecular complexity index is 3270. The SMILES string of the molecule is Cc1ncsc1-c1ccc(C(C)NC(=O)[C@@H]2C[C@@H](O)CN2C(=O)C(NC(=O)COCCOCCOCCN(C)C(=O)CCNc2nc(N3CCN(C(N)=O)CC3)c3cc(Cl)c(-c4cc(O)cc5ccccc45)c(F)c3n2)C(C)(C)C)cc1. The molecule has 2 aliphatic heterocycles. The summed E-state index contributed by atoms with van der Waals surface area (Å²) >= 11 is 8.42. The number of carbonyl (C=O) groups excluding carboxylic acids is 5. The first-order valence-electron chi connectivity index (χ1n) is 27.2. The Morgan fingerprint density at radius 2 is 1.62 bits per heavy atom. The molecule has 8 rings (SSSR count). The highest BCUT2D eigenvalue weighted by molar-refractivity contribution is 7.13. The quantitative estimate of drug-likeness (QED) is 0.0387. The van der Waals surface area contributed by atoms with Crippen molar-refractivity contribution in [2.75, 3.05) is 103 Å². The van der Waals surface area contributed by atoms with Crippen LogP contribution in [0.15, 0.2) is 72.2 Å². The number of benzene rings is 4. The predicted molar refractivity (Wildman–Crippen MR) is 312 cm³/mol. The topological polar surface area (TPSA) is 267 Å². The number of carbonyl (C=O) groups is 5. The van der Waals surface area contributed by atoms with E-state index in [0.717, 1.165) is 21.7 Å². The van der Waals surface area contributed by atoms with Crippen LogP contribution in [0.5, 0.6) is 5.75 Å². The Labute approximate surface area is 484 Å². The minimum absolute atomic E-state index is 0.0250. The number of aryl methyl sites for hydroxylation is 1. The molecule has 438 valence electrons. The van der Waals surface area contributed by atoms with Crippen molar-refractivity contribution in [1.29, 1.82) is 0 Å². The smallest absolute Gasteiger partial charge is 0.314 e. The minimum atomic E-state index is -1.02. The molecular weight excluding hydrogens is 1100 g/mol. The number of β-amino-alcohol motifs (C(OH)–C–C–N with tert-alkyl or cyclic N) is 1. The molecule has 0 aliphatic carbocycles. The van der Waals surface area contributed by atoms with Crippen LogP contribution in [0.4, 0.5) is 21.0 Å². The highest BCUT2D eigenvalue weighted by Crippen LogP contribution is 2.42. The van der Waals surface area contributed by atoms with Gasteiger partial charge in [-0.2, -0.15) is 4.98 Å². The van der Waals surface area contributed by atoms with Crippen LogP contribution in [0, 0.1) is 18.2 Å². The fraction of sp³-hybridized carbons (Fsp3) is 0.448. The number of halogens is 2. The van der Waals surface area contributed by atoms with Gasteiger partial charge in [-0.15, -0.1) is 11.3 Å². The number of nitrogens with two attached hydrogens (primary N) is 1. The number of ether oxygens (including phenoxy) is 3. The number of likely N-dealkylation sites (N-methyl/N-ethyl adjacent to an activating group) is 1. The molecule has 4 aromatic carbocycles. The van der Waals surface area contributed by atoms with Gasteiger partial charge in [-0.25, -0.2) is 19.2 Å². The zero-order chi connectivity index (χ0) is 58.8. The molecule has 0 radical (unpaired) electrons. The second-order valence-corrected chi connectivity index (χ2v) is 22.8. The van der Waals surface area contributed by atoms with Crippen molar-refractivity contribution in [3.05, 3.63) is 94.3 Å². The van der Waals surface area contributed by atoms with Crippen molar-refractivity contribution < 1.29 is 52.8 Å². The van der Waals surface area contributed by atoms with Crippen molar-refractivity contribution in [2.24, 2.45) is 11.1 Å². The molecule has 4 heterocycles. The van der Waals surface area contributed by atoms with E-state index < -0.39 is 53.2 Å². The largest absolute Gasteiger partial charge is 0.508 e. The Balaban J connectivity index is 0.750. The number of amides is 6. The van der Waals surface area contributed by atoms with Crippen LogP contribution in [-0.4, -0.2) is 180 Å². The van der Waals surface area contributed by atoms with E-state index in [0.29, 0.717) is 53.7 Å². The summed E-state index contributed by atoms with van der Waals surface area (Å²) in [6.07, 6.45) is -0.802. The maximum atomic E-state index is 17.0. The molecular formula is C58H71ClFN11O10S. The van der Waals surface area contributed by atoms with Crippen LogP contribution in [0.2, 0.25) is 5.02 Å². The molecule has 6 amide bonds. The molecule has 0 bridgehead atoms. The van der Waals surface area contributed by atoms with Gasteiger partial charge in [0.1, 0.15) is 35.8 Å². The summed E-state index contributed by atoms with van der Waals surface area (Å²) in [6.45, 7) is 11.5. The first kappa shape index (κ1) is 60.8. The summed E-state index contributed by atoms with van der Waals surface area (Å²) in [5.74, 6) is -1.93. The molecule has 2 fully saturated rings. The van der Waals surface area contributed by atoms with Crippen molar-refractivity contribution in [3.8, 4) is 27.3 Å². The molecule has 4 atom stereocenters. The third kappa shape index (κ3) is 14.8. The van der Waals surface area contributed by atoms with Gasteiger partial charge in [0.25, 0.3) is 0 Å². The monoisotopic (exact) mass is 1170 g/mol. The summed E-state index contributed by atoms with van der Waals surface area (Å²) in [5, 5.41) is 31.9. The van der Waals surface area contributed by atoms with Gasteiger partial charge >= 0.3 is 6.03 Å². The zero-order valence-electron chi connectivity index (χ0n) is 46.9. The first-order valence-corrected chi connectivity index (χ1v) is 28.4. The lowest BCUT2D eigenvalue weighted by Gasteiger charge is -2.35. The molecule has 21 nitrogen and oxygen atoms in total. The van der Waals surface area contributed by atoms with E-state index in [2.05, 4.69) is 25.9 Å². The molecule has 7 N–H and O–H groups in total. The standard InChI is InChI=1S/C58H71ClFN11O10S/c1-34(36-11-13-37(14-12-36)51-35(2)63-33-82-51)64-54(76)45-29-40(73)31-71(45)55(77)52(58(3,4)5)65-46(74)32-81-26-25-80-24-23-79-22-21-68(6)47(75)15-16-62-57-66-50-43(53(67-57)69-17-19-70(20-18-69)56(61)78)30-44(59)48(49(50)60)42-28-39(72)27-38-9-7-8-10-41(38)42/h7-14,27-28,30,33-34,40,45,52,72-73H,15-26,29,31-32H2,1-6H3,(H2,61,78)(H,64,76)(H,65,74)(H,62,66,67)/t34?,40-,45+,52?/m1/s1. The summed E-state index contributed by atoms with van der Waals surface area (Å²) < 4.78 is 33.8. The molecule has 2 aliphatic rings. The lowest BCUT2D eigenvalue weighted by atomic mass is 9.85. The lowest BCUT2D eigenvalue weighted by Crippen LogP contribution is -2.58. The average Bonchev–Trinajstić information content (AvgIpc) is 3.94. The Morgan fingerprint density at radius 3 is 2.30 bits per heavy atom. The number of thiazole rings is 1. The maximum absolute atomic E-state index is 17.0. The van der Waals surface area contributed by atoms with Gasteiger partial charge in [0.15, 0.2) is 5.82 Å². The Hall–Kier alpha value is -7.28. The zero-order valence-corrected chi connectivity index (χ0v) is 48.4. The highest BCUT2D eigenvalue weighted by Gasteiger charge is 2.45. The maximum Gasteiger partial charge on any atom is 0.314 e. The normalized spacial score (nSPS) is 16.3. The molecule has 24 heteroatoms. The predicted octanol–water partition coefficient (Wildman–Crippen LogP) is 6.26. The third-order valence-corrected chi connectivity index (χ3v) is 15.8. The van der Waals surface area contributed by atoms with Crippen molar-refractivity contribution in [3.63, 3.8) is 0 Å². The number of anilines is 2. The van der Waals surface area contributed by atoms with Gasteiger partial charge in [-0.1, -0.05) is 80.9 Å². The number of aliphatic hydroxyl groups excluding tert-OH is 1. The second-order valence-electron chi connectivity index (χ2n) is 21.5. The number of hydrogen-bond donors (Lipinski definition) is 6. The minimum Gasteiger partial charge on any atom is -0.508 e. The van der Waals surface area contributed by atoms with Crippen LogP contribution >= 0.6 is 22.9 Å². The molecule has 0 saturated carbocycles. The van der Waals surface area contributed by atoms with Gasteiger partial charge in [0.05, 0.1) is 66.3 Å². The van der Waals surface area contributed by atoms with E-state index in [1.165, 1.54) is 20.8 Å². The van der Waals surface area contributed by atoms with E-state index >= 15 is 4.39 Å². The number of phenols is 1. The van der Waals surface area contributed by atoms with Crippen LogP contribution in [0.3, 0.4) is 0 Å². The summed E-state index contributed by atoms with van der Waals surface area (Å²) in [5.41, 5.74) is 9.86. The lowest BCUT2D eigenvalue weighted by molar-refractivity contribution is -0.144. The highest BCUT2D eigenvalue weighted by atomic mass is 35.5. The molecule has 2 aromatic heterocycles. The Morgan fingerprint density at radius 1 is 0.927 bits per heavy atom. The van der Waals surface area contributed by atoms with Gasteiger partial charge in [0, 0.05) is 76.7 Å². The molecule has 6 aromatic rings. The average molecular weight is 1170 g/mol. The van der Waals surface area contributed by atoms with E-state index in [4.69, 9.17) is 36.5 Å². The van der Waals surface area contributed by atoms with Gasteiger partial charge in [-0.3, -0.25) is 19.2 Å². The van der Waals surface area contributed by atoms with E-state index in [9.17, 15) is 34.2 Å². The molecule has 82 heavy (non-hydrogen) atoms. The van der Waals surface area contributed by atoms with Gasteiger partial charge in [-0.05, 0) is 64.9 Å². The van der Waals surface area contributed by atoms with E-state index in [1.54, 1.807) is 56.8 Å². The number of nitrogens with zero attached hydrogens (tertiary/aromatic N) is 7. The number of nitrogens with one attached hydrogen (secondary N) is 3. The third-order valence-electron chi connectivity index (χ3n) is 14.5. The van der Waals surface area contributed by atoms with Crippen molar-refractivity contribution in [1.82, 2.24) is 40.3 Å². The van der Waals surface area contributed by atoms with Crippen LogP contribution < -0.4 is 26.6 Å². The fourth-order valence-corrected chi connectivity index (χ4v) is 11.1. The fourth-order valence-electron chi connectivity index (χ4n) is 10.0. The van der Waals surface area contributed by atoms with Crippen LogP contribution in [-0.2, 0) is 33.4 Å². The number of urea groups is 1. The molecule has 0 spiro atoms. The second kappa shape index (κ2) is 27.2. The van der Waals surface area contributed by atoms with Gasteiger partial charge < -0.3 is 65.7 Å². The number of rotatable bonds is 23. The summed E-state index contributed by atoms with van der Waals surface area (Å²) in [6, 6.07) is 16.9. The van der Waals surface area contributed by atoms with E-state index in [1.807, 2.05) is 67.3 Å². The number of fused-ring (bicyclic) bond motifs is 2. The van der Waals surface area contributed by atoms with Crippen LogP contribution in [0.25, 0.3) is 43.2 Å². The number of aromatic nitrogens is 3. The molecule has 2 unspecified atom stereocenters. The Kier molecular flexibility index (Phi) is 20.2. The number of piperazine rings is 1.